The second-order valence-electron chi connectivity index (χ2n) is 12.1. The summed E-state index contributed by atoms with van der Waals surface area (Å²) in [5, 5.41) is 35.1. The number of hydrogen-bond acceptors (Lipinski definition) is 15. The molecule has 0 aromatic heterocycles. The summed E-state index contributed by atoms with van der Waals surface area (Å²) in [5.74, 6) is -7.87. The van der Waals surface area contributed by atoms with Crippen LogP contribution in [0, 0.1) is 0 Å². The second-order valence-corrected chi connectivity index (χ2v) is 12.1. The summed E-state index contributed by atoms with van der Waals surface area (Å²) >= 11 is 0. The Kier molecular flexibility index (Phi) is 22.8. The monoisotopic (exact) mass is 769 g/mol. The topological polar surface area (TPSA) is 359 Å². The van der Waals surface area contributed by atoms with Crippen molar-refractivity contribution < 1.29 is 67.9 Å². The Morgan fingerprint density at radius 2 is 1.09 bits per heavy atom. The lowest BCUT2D eigenvalue weighted by Gasteiger charge is -2.20. The molecule has 0 rings (SSSR count). The molecule has 0 fully saturated rings. The van der Waals surface area contributed by atoms with E-state index in [4.69, 9.17) is 26.7 Å². The van der Waals surface area contributed by atoms with Crippen LogP contribution >= 0.6 is 0 Å². The maximum atomic E-state index is 13.1. The molecule has 0 unspecified atom stereocenters. The lowest BCUT2D eigenvalue weighted by atomic mass is 10.0. The average molecular weight is 770 g/mol. The van der Waals surface area contributed by atoms with Gasteiger partial charge in [0.15, 0.2) is 35.6 Å². The molecule has 0 aromatic rings. The first-order valence-corrected chi connectivity index (χ1v) is 16.7. The summed E-state index contributed by atoms with van der Waals surface area (Å²) in [6.45, 7) is 8.45. The summed E-state index contributed by atoms with van der Waals surface area (Å²) in [4.78, 5) is 114. The fourth-order valence-electron chi connectivity index (χ4n) is 4.18. The molecule has 21 heteroatoms. The van der Waals surface area contributed by atoms with Gasteiger partial charge in [-0.05, 0) is 26.7 Å². The minimum Gasteiger partial charge on any atom is -0.480 e. The van der Waals surface area contributed by atoms with E-state index in [1.807, 2.05) is 0 Å². The van der Waals surface area contributed by atoms with Crippen molar-refractivity contribution in [2.45, 2.75) is 102 Å². The van der Waals surface area contributed by atoms with Crippen molar-refractivity contribution in [1.82, 2.24) is 16.0 Å². The van der Waals surface area contributed by atoms with Crippen molar-refractivity contribution in [1.29, 1.82) is 0 Å². The van der Waals surface area contributed by atoms with E-state index < -0.39 is 129 Å². The molecule has 0 aliphatic heterocycles. The van der Waals surface area contributed by atoms with Crippen molar-refractivity contribution in [3.8, 4) is 0 Å². The Labute approximate surface area is 311 Å². The largest absolute Gasteiger partial charge is 0.480 e. The van der Waals surface area contributed by atoms with Crippen LogP contribution in [0.1, 0.15) is 71.6 Å². The molecule has 54 heavy (non-hydrogen) atoms. The first kappa shape index (κ1) is 48.5. The zero-order valence-corrected chi connectivity index (χ0v) is 30.3. The fourth-order valence-corrected chi connectivity index (χ4v) is 4.18. The van der Waals surface area contributed by atoms with Gasteiger partial charge >= 0.3 is 17.9 Å². The maximum Gasteiger partial charge on any atom is 0.333 e. The summed E-state index contributed by atoms with van der Waals surface area (Å²) in [5.41, 5.74) is 16.5. The van der Waals surface area contributed by atoms with Gasteiger partial charge in [0, 0.05) is 62.6 Å². The van der Waals surface area contributed by atoms with Crippen LogP contribution in [-0.4, -0.2) is 124 Å². The minimum atomic E-state index is -2.06. The van der Waals surface area contributed by atoms with Gasteiger partial charge in [-0.25, -0.2) is 14.4 Å². The van der Waals surface area contributed by atoms with Crippen LogP contribution in [0.2, 0.25) is 0 Å². The number of carbonyl (C=O) groups is 9. The Morgan fingerprint density at radius 1 is 0.667 bits per heavy atom. The molecule has 0 aliphatic rings. The molecule has 0 saturated carbocycles. The highest BCUT2D eigenvalue weighted by Gasteiger charge is 2.28. The van der Waals surface area contributed by atoms with E-state index in [2.05, 4.69) is 34.1 Å². The molecule has 0 aliphatic carbocycles. The van der Waals surface area contributed by atoms with E-state index in [9.17, 15) is 58.5 Å². The Hall–Kier alpha value is -5.54. The zero-order valence-electron chi connectivity index (χ0n) is 30.3. The van der Waals surface area contributed by atoms with Crippen LogP contribution in [0.4, 0.5) is 0 Å². The van der Waals surface area contributed by atoms with Gasteiger partial charge in [-0.15, -0.1) is 0 Å². The lowest BCUT2D eigenvalue weighted by molar-refractivity contribution is -0.148. The van der Waals surface area contributed by atoms with Gasteiger partial charge in [0.25, 0.3) is 0 Å². The molecule has 0 heterocycles. The van der Waals surface area contributed by atoms with E-state index in [0.29, 0.717) is 0 Å². The third kappa shape index (κ3) is 21.7. The molecule has 0 radical (unpaired) electrons. The molecule has 12 N–H and O–H groups in total. The van der Waals surface area contributed by atoms with Gasteiger partial charge in [0.05, 0.1) is 18.1 Å². The number of ether oxygens (including phenoxy) is 2. The number of carbonyl (C=O) groups excluding carboxylic acids is 8. The van der Waals surface area contributed by atoms with Gasteiger partial charge in [-0.3, -0.25) is 33.8 Å². The average Bonchev–Trinajstić information content (AvgIpc) is 3.09. The van der Waals surface area contributed by atoms with Crippen LogP contribution in [0.5, 0.6) is 0 Å². The zero-order chi connectivity index (χ0) is 41.5. The van der Waals surface area contributed by atoms with E-state index in [0.717, 1.165) is 0 Å². The number of aliphatic hydroxyl groups excluding tert-OH is 1. The van der Waals surface area contributed by atoms with Crippen molar-refractivity contribution in [3.05, 3.63) is 24.3 Å². The molecular formula is C33H51N7O14. The molecular weight excluding hydrogens is 718 g/mol. The Morgan fingerprint density at radius 3 is 1.54 bits per heavy atom. The molecule has 0 aromatic carbocycles. The van der Waals surface area contributed by atoms with Crippen LogP contribution < -0.4 is 33.2 Å². The van der Waals surface area contributed by atoms with Crippen LogP contribution in [0.15, 0.2) is 29.3 Å². The minimum absolute atomic E-state index is 0.00391. The first-order chi connectivity index (χ1) is 25.1. The normalized spacial score (nSPS) is 12.9. The number of aliphatic imine (C=N–C) groups is 1. The fraction of sp³-hybridized carbons (Fsp3) is 0.576. The number of rotatable bonds is 28. The predicted octanol–water partition coefficient (Wildman–Crippen LogP) is -3.11. The van der Waals surface area contributed by atoms with Crippen LogP contribution in [0.3, 0.4) is 0 Å². The maximum absolute atomic E-state index is 13.1. The predicted molar refractivity (Wildman–Crippen MR) is 188 cm³/mol. The standard InChI is InChI=1S/C33H51N7O14/c1-17(2)31(51)53-15-19(34)23(41)7-10-26(44)38-20(6-5-13-37-33(35)36)24(42)8-11-27(45)39-21(14-29(47)48)25(43)9-12-28(46)40-22(30(49)50)16-54-32(52)18(3)4/h19-22,29,47-48H,1,3,5-16,34H2,2,4H3,(H,38,44)(H,39,45)(H,40,46)(H,49,50)(H4,35,36,37)/t19-,20-,21-,22-/m0/s1. The summed E-state index contributed by atoms with van der Waals surface area (Å²) in [6, 6.07) is -5.51. The molecule has 302 valence electrons. The Bertz CT molecular complexity index is 1440. The molecule has 0 spiro atoms. The van der Waals surface area contributed by atoms with E-state index in [1.165, 1.54) is 13.8 Å². The molecule has 4 atom stereocenters. The van der Waals surface area contributed by atoms with Crippen molar-refractivity contribution in [2.75, 3.05) is 19.8 Å². The lowest BCUT2D eigenvalue weighted by Crippen LogP contribution is -2.46. The highest BCUT2D eigenvalue weighted by atomic mass is 16.5. The van der Waals surface area contributed by atoms with Crippen molar-refractivity contribution in [2.24, 2.45) is 22.2 Å². The molecule has 0 saturated heterocycles. The van der Waals surface area contributed by atoms with Gasteiger partial charge in [0.2, 0.25) is 17.7 Å². The number of hydrogen-bond donors (Lipinski definition) is 9. The van der Waals surface area contributed by atoms with Crippen LogP contribution in [-0.2, 0) is 52.6 Å². The number of amides is 3. The van der Waals surface area contributed by atoms with Crippen molar-refractivity contribution >= 4 is 58.9 Å². The number of guanidine groups is 1. The summed E-state index contributed by atoms with van der Waals surface area (Å²) in [7, 11) is 0. The van der Waals surface area contributed by atoms with Gasteiger partial charge in [-0.2, -0.15) is 0 Å². The number of carboxylic acids is 1. The SMILES string of the molecule is C=C(C)C(=O)OC[C@H](NC(=O)CCC(=O)[C@H](CC(O)O)NC(=O)CCC(=O)[C@H](CCCN=C(N)N)NC(=O)CCC(=O)[C@@H](N)COC(=O)C(=C)C)C(=O)O. The first-order valence-electron chi connectivity index (χ1n) is 16.7. The van der Waals surface area contributed by atoms with Crippen molar-refractivity contribution in [3.63, 3.8) is 0 Å². The van der Waals surface area contributed by atoms with Gasteiger partial charge < -0.3 is 57.9 Å². The smallest absolute Gasteiger partial charge is 0.333 e. The highest BCUT2D eigenvalue weighted by Crippen LogP contribution is 2.09. The number of nitrogens with zero attached hydrogens (tertiary/aromatic N) is 1. The molecule has 3 amide bonds. The van der Waals surface area contributed by atoms with Gasteiger partial charge in [-0.1, -0.05) is 13.2 Å². The van der Waals surface area contributed by atoms with Gasteiger partial charge in [0.1, 0.15) is 13.2 Å². The van der Waals surface area contributed by atoms with E-state index in [1.54, 1.807) is 0 Å². The molecule has 0 bridgehead atoms. The molecule has 21 nitrogen and oxygen atoms in total. The van der Waals surface area contributed by atoms with E-state index in [-0.39, 0.29) is 49.3 Å². The number of nitrogens with two attached hydrogens (primary N) is 3. The number of aliphatic hydroxyl groups is 2. The summed E-state index contributed by atoms with van der Waals surface area (Å²) in [6.07, 6.45) is -5.31. The number of nitrogens with one attached hydrogen (secondary N) is 3. The second kappa shape index (κ2) is 25.4. The number of carboxylic acid groups (broad SMARTS) is 1. The number of ketones is 3. The highest BCUT2D eigenvalue weighted by molar-refractivity contribution is 5.95. The third-order valence-corrected chi connectivity index (χ3v) is 7.15. The number of aliphatic carboxylic acids is 1. The van der Waals surface area contributed by atoms with Crippen LogP contribution in [0.25, 0.3) is 0 Å². The number of esters is 2. The Balaban J connectivity index is 5.33. The summed E-state index contributed by atoms with van der Waals surface area (Å²) < 4.78 is 9.58. The quantitative estimate of drug-likeness (QED) is 0.00950. The number of Topliss-reactive ketones (excluding diaryl/α,β-unsaturated/α-hetero) is 3. The van der Waals surface area contributed by atoms with E-state index >= 15 is 0 Å². The third-order valence-electron chi connectivity index (χ3n) is 7.15.